The highest BCUT2D eigenvalue weighted by Crippen LogP contribution is 2.30. The number of H-pyrrole nitrogens is 1. The fraction of sp³-hybridized carbons (Fsp3) is 0.375. The predicted octanol–water partition coefficient (Wildman–Crippen LogP) is 1.76. The van der Waals surface area contributed by atoms with E-state index in [4.69, 9.17) is 0 Å². The smallest absolute Gasteiger partial charge is 0.256 e. The summed E-state index contributed by atoms with van der Waals surface area (Å²) in [6.07, 6.45) is 4.90. The number of rotatable bonds is 2. The van der Waals surface area contributed by atoms with E-state index in [0.29, 0.717) is 29.2 Å². The summed E-state index contributed by atoms with van der Waals surface area (Å²) in [6, 6.07) is 3.31. The second-order valence-electron chi connectivity index (χ2n) is 5.56. The van der Waals surface area contributed by atoms with Crippen LogP contribution in [0.2, 0.25) is 0 Å². The Balaban J connectivity index is 1.94. The van der Waals surface area contributed by atoms with E-state index in [1.807, 2.05) is 6.92 Å². The van der Waals surface area contributed by atoms with Crippen LogP contribution in [-0.2, 0) is 0 Å². The molecule has 1 aliphatic rings. The zero-order valence-corrected chi connectivity index (χ0v) is 12.7. The van der Waals surface area contributed by atoms with Gasteiger partial charge in [0, 0.05) is 30.2 Å². The normalized spacial score (nSPS) is 17.7. The number of likely N-dealkylation sites (tertiary alicyclic amines) is 1. The van der Waals surface area contributed by atoms with Crippen LogP contribution in [0.3, 0.4) is 0 Å². The summed E-state index contributed by atoms with van der Waals surface area (Å²) in [5, 5.41) is 0. The summed E-state index contributed by atoms with van der Waals surface area (Å²) in [6.45, 7) is 4.23. The molecule has 3 heterocycles. The Morgan fingerprint density at radius 2 is 2.23 bits per heavy atom. The van der Waals surface area contributed by atoms with Crippen LogP contribution in [0.15, 0.2) is 29.3 Å². The number of pyridine rings is 1. The fourth-order valence-corrected chi connectivity index (χ4v) is 2.77. The Morgan fingerprint density at radius 3 is 2.91 bits per heavy atom. The number of amides is 1. The number of nitrogens with one attached hydrogen (secondary N) is 1. The molecule has 1 N–H and O–H groups in total. The summed E-state index contributed by atoms with van der Waals surface area (Å²) < 4.78 is 0. The second kappa shape index (κ2) is 5.71. The maximum atomic E-state index is 12.6. The number of aromatic amines is 1. The second-order valence-corrected chi connectivity index (χ2v) is 5.56. The third kappa shape index (κ3) is 2.52. The monoisotopic (exact) mass is 298 g/mol. The molecule has 1 atom stereocenters. The molecule has 3 rings (SSSR count). The molecular weight excluding hydrogens is 280 g/mol. The van der Waals surface area contributed by atoms with Crippen molar-refractivity contribution in [2.24, 2.45) is 0 Å². The van der Waals surface area contributed by atoms with Gasteiger partial charge in [-0.2, -0.15) is 0 Å². The van der Waals surface area contributed by atoms with Crippen molar-refractivity contribution < 1.29 is 4.79 Å². The van der Waals surface area contributed by atoms with Gasteiger partial charge in [0.25, 0.3) is 11.5 Å². The molecule has 0 aliphatic carbocycles. The van der Waals surface area contributed by atoms with E-state index in [-0.39, 0.29) is 17.5 Å². The molecule has 1 amide bonds. The zero-order valence-electron chi connectivity index (χ0n) is 12.7. The first-order valence-corrected chi connectivity index (χ1v) is 7.36. The van der Waals surface area contributed by atoms with Gasteiger partial charge in [-0.15, -0.1) is 0 Å². The minimum absolute atomic E-state index is 0.0727. The van der Waals surface area contributed by atoms with Crippen LogP contribution in [0, 0.1) is 13.8 Å². The van der Waals surface area contributed by atoms with Crippen LogP contribution in [0.5, 0.6) is 0 Å². The standard InChI is InChI=1S/C16H18N4O2/c1-10-11(2)18-14(19-15(10)21)13-6-4-8-20(13)16(22)12-5-3-7-17-9-12/h3,5,7,9,13H,4,6,8H2,1-2H3,(H,18,19,21)/t13-/m0/s1. The molecule has 1 fully saturated rings. The minimum Gasteiger partial charge on any atom is -0.328 e. The topological polar surface area (TPSA) is 79.0 Å². The van der Waals surface area contributed by atoms with E-state index in [1.165, 1.54) is 0 Å². The van der Waals surface area contributed by atoms with Crippen LogP contribution < -0.4 is 5.56 Å². The molecular formula is C16H18N4O2. The molecule has 2 aromatic heterocycles. The minimum atomic E-state index is -0.181. The number of aromatic nitrogens is 3. The van der Waals surface area contributed by atoms with Crippen molar-refractivity contribution in [3.63, 3.8) is 0 Å². The van der Waals surface area contributed by atoms with E-state index in [0.717, 1.165) is 12.8 Å². The third-order valence-corrected chi connectivity index (χ3v) is 4.15. The van der Waals surface area contributed by atoms with Gasteiger partial charge in [0.05, 0.1) is 11.6 Å². The molecule has 0 radical (unpaired) electrons. The Kier molecular flexibility index (Phi) is 3.75. The van der Waals surface area contributed by atoms with Gasteiger partial charge in [-0.05, 0) is 38.8 Å². The van der Waals surface area contributed by atoms with Crippen LogP contribution in [0.1, 0.15) is 46.3 Å². The molecule has 1 saturated heterocycles. The van der Waals surface area contributed by atoms with Crippen molar-refractivity contribution in [1.29, 1.82) is 0 Å². The summed E-state index contributed by atoms with van der Waals surface area (Å²) in [5.74, 6) is 0.499. The molecule has 0 saturated carbocycles. The van der Waals surface area contributed by atoms with Gasteiger partial charge < -0.3 is 9.88 Å². The fourth-order valence-electron chi connectivity index (χ4n) is 2.77. The van der Waals surface area contributed by atoms with E-state index in [1.54, 1.807) is 36.4 Å². The SMILES string of the molecule is Cc1nc([C@@H]2CCCN2C(=O)c2cccnc2)[nH]c(=O)c1C. The summed E-state index contributed by atoms with van der Waals surface area (Å²) in [4.78, 5) is 37.6. The maximum absolute atomic E-state index is 12.6. The summed E-state index contributed by atoms with van der Waals surface area (Å²) in [7, 11) is 0. The van der Waals surface area contributed by atoms with E-state index in [2.05, 4.69) is 15.0 Å². The maximum Gasteiger partial charge on any atom is 0.256 e. The van der Waals surface area contributed by atoms with E-state index in [9.17, 15) is 9.59 Å². The highest BCUT2D eigenvalue weighted by Gasteiger charge is 2.32. The Bertz CT molecular complexity index is 754. The first-order chi connectivity index (χ1) is 10.6. The first-order valence-electron chi connectivity index (χ1n) is 7.36. The number of carbonyl (C=O) groups excluding carboxylic acids is 1. The lowest BCUT2D eigenvalue weighted by Gasteiger charge is -2.24. The number of carbonyl (C=O) groups is 1. The Morgan fingerprint density at radius 1 is 1.41 bits per heavy atom. The van der Waals surface area contributed by atoms with Crippen molar-refractivity contribution in [3.8, 4) is 0 Å². The number of aryl methyl sites for hydroxylation is 1. The molecule has 114 valence electrons. The van der Waals surface area contributed by atoms with Crippen molar-refractivity contribution in [2.75, 3.05) is 6.54 Å². The number of hydrogen-bond acceptors (Lipinski definition) is 4. The van der Waals surface area contributed by atoms with Crippen molar-refractivity contribution in [1.82, 2.24) is 19.9 Å². The predicted molar refractivity (Wildman–Crippen MR) is 81.6 cm³/mol. The highest BCUT2D eigenvalue weighted by atomic mass is 16.2. The molecule has 0 aromatic carbocycles. The molecule has 2 aromatic rings. The quantitative estimate of drug-likeness (QED) is 0.916. The van der Waals surface area contributed by atoms with Crippen molar-refractivity contribution >= 4 is 5.91 Å². The van der Waals surface area contributed by atoms with Crippen LogP contribution in [-0.4, -0.2) is 32.3 Å². The molecule has 0 bridgehead atoms. The van der Waals surface area contributed by atoms with Gasteiger partial charge in [0.2, 0.25) is 0 Å². The van der Waals surface area contributed by atoms with Crippen LogP contribution >= 0.6 is 0 Å². The van der Waals surface area contributed by atoms with E-state index < -0.39 is 0 Å². The van der Waals surface area contributed by atoms with Gasteiger partial charge in [0.1, 0.15) is 5.82 Å². The summed E-state index contributed by atoms with van der Waals surface area (Å²) >= 11 is 0. The Hall–Kier alpha value is -2.50. The lowest BCUT2D eigenvalue weighted by atomic mass is 10.1. The molecule has 1 aliphatic heterocycles. The van der Waals surface area contributed by atoms with Gasteiger partial charge >= 0.3 is 0 Å². The van der Waals surface area contributed by atoms with Crippen molar-refractivity contribution in [2.45, 2.75) is 32.7 Å². The lowest BCUT2D eigenvalue weighted by molar-refractivity contribution is 0.0729. The van der Waals surface area contributed by atoms with Gasteiger partial charge in [-0.3, -0.25) is 14.6 Å². The molecule has 22 heavy (non-hydrogen) atoms. The molecule has 0 unspecified atom stereocenters. The zero-order chi connectivity index (χ0) is 15.7. The first kappa shape index (κ1) is 14.4. The number of hydrogen-bond donors (Lipinski definition) is 1. The largest absolute Gasteiger partial charge is 0.328 e. The third-order valence-electron chi connectivity index (χ3n) is 4.15. The molecule has 0 spiro atoms. The lowest BCUT2D eigenvalue weighted by Crippen LogP contribution is -2.33. The average molecular weight is 298 g/mol. The van der Waals surface area contributed by atoms with Crippen LogP contribution in [0.4, 0.5) is 0 Å². The number of nitrogens with zero attached hydrogens (tertiary/aromatic N) is 3. The van der Waals surface area contributed by atoms with E-state index >= 15 is 0 Å². The van der Waals surface area contributed by atoms with Crippen LogP contribution in [0.25, 0.3) is 0 Å². The average Bonchev–Trinajstić information content (AvgIpc) is 3.01. The van der Waals surface area contributed by atoms with Gasteiger partial charge in [-0.25, -0.2) is 4.98 Å². The summed E-state index contributed by atoms with van der Waals surface area (Å²) in [5.41, 5.74) is 1.75. The van der Waals surface area contributed by atoms with Gasteiger partial charge in [-0.1, -0.05) is 0 Å². The highest BCUT2D eigenvalue weighted by molar-refractivity contribution is 5.94. The molecule has 6 heteroatoms. The Labute approximate surface area is 128 Å². The van der Waals surface area contributed by atoms with Gasteiger partial charge in [0.15, 0.2) is 0 Å². The van der Waals surface area contributed by atoms with Crippen molar-refractivity contribution in [3.05, 3.63) is 57.5 Å². The molecule has 6 nitrogen and oxygen atoms in total.